The number of ether oxygens (including phenoxy) is 1. The first kappa shape index (κ1) is 15.5. The van der Waals surface area contributed by atoms with Crippen molar-refractivity contribution in [2.75, 3.05) is 45.9 Å². The molecule has 1 aromatic rings. The van der Waals surface area contributed by atoms with Crippen LogP contribution in [0.25, 0.3) is 0 Å². The highest BCUT2D eigenvalue weighted by atomic mass is 16.5. The second-order valence-corrected chi connectivity index (χ2v) is 6.23. The molecule has 0 saturated carbocycles. The van der Waals surface area contributed by atoms with E-state index in [4.69, 9.17) is 10.5 Å². The fourth-order valence-corrected chi connectivity index (χ4v) is 3.16. The lowest BCUT2D eigenvalue weighted by Gasteiger charge is -2.26. The summed E-state index contributed by atoms with van der Waals surface area (Å²) in [6.45, 7) is 6.81. The van der Waals surface area contributed by atoms with Gasteiger partial charge in [0.2, 0.25) is 0 Å². The molecule has 3 rings (SSSR count). The van der Waals surface area contributed by atoms with E-state index in [2.05, 4.69) is 17.0 Å². The molecule has 0 spiro atoms. The Morgan fingerprint density at radius 2 is 1.91 bits per heavy atom. The summed E-state index contributed by atoms with van der Waals surface area (Å²) in [5, 5.41) is 0. The zero-order valence-electron chi connectivity index (χ0n) is 13.0. The lowest BCUT2D eigenvalue weighted by molar-refractivity contribution is 0.0342. The second kappa shape index (κ2) is 7.22. The number of nitrogens with zero attached hydrogens (tertiary/aromatic N) is 2. The summed E-state index contributed by atoms with van der Waals surface area (Å²) >= 11 is 0. The average molecular weight is 303 g/mol. The van der Waals surface area contributed by atoms with E-state index in [0.29, 0.717) is 12.5 Å². The first-order valence-corrected chi connectivity index (χ1v) is 8.14. The molecule has 22 heavy (non-hydrogen) atoms. The van der Waals surface area contributed by atoms with E-state index in [0.717, 1.165) is 57.9 Å². The Bertz CT molecular complexity index is 497. The number of carbonyl (C=O) groups excluding carboxylic acids is 1. The monoisotopic (exact) mass is 303 g/mol. The molecule has 2 aliphatic heterocycles. The molecule has 0 radical (unpaired) electrons. The Morgan fingerprint density at radius 1 is 1.18 bits per heavy atom. The maximum Gasteiger partial charge on any atom is 0.253 e. The summed E-state index contributed by atoms with van der Waals surface area (Å²) in [4.78, 5) is 16.8. The molecule has 2 heterocycles. The van der Waals surface area contributed by atoms with Crippen molar-refractivity contribution in [3.05, 3.63) is 35.4 Å². The van der Waals surface area contributed by atoms with Crippen LogP contribution in [0.1, 0.15) is 22.3 Å². The van der Waals surface area contributed by atoms with Gasteiger partial charge in [-0.2, -0.15) is 0 Å². The van der Waals surface area contributed by atoms with Crippen LogP contribution in [-0.4, -0.2) is 61.6 Å². The molecule has 0 aliphatic carbocycles. The van der Waals surface area contributed by atoms with Crippen molar-refractivity contribution in [3.63, 3.8) is 0 Å². The summed E-state index contributed by atoms with van der Waals surface area (Å²) < 4.78 is 5.36. The van der Waals surface area contributed by atoms with Crippen LogP contribution >= 0.6 is 0 Å². The van der Waals surface area contributed by atoms with E-state index in [1.165, 1.54) is 5.56 Å². The standard InChI is InChI=1S/C17H25N3O2/c18-11-15-5-6-20(13-15)17(21)16-3-1-14(2-4-16)12-19-7-9-22-10-8-19/h1-4,15H,5-13,18H2. The highest BCUT2D eigenvalue weighted by Crippen LogP contribution is 2.18. The van der Waals surface area contributed by atoms with Crippen LogP contribution in [0.3, 0.4) is 0 Å². The lowest BCUT2D eigenvalue weighted by Crippen LogP contribution is -2.35. The van der Waals surface area contributed by atoms with E-state index >= 15 is 0 Å². The number of hydrogen-bond donors (Lipinski definition) is 1. The molecule has 1 aromatic carbocycles. The third-order valence-corrected chi connectivity index (χ3v) is 4.62. The molecule has 1 amide bonds. The average Bonchev–Trinajstić information content (AvgIpc) is 3.05. The van der Waals surface area contributed by atoms with Gasteiger partial charge in [-0.1, -0.05) is 12.1 Å². The highest BCUT2D eigenvalue weighted by molar-refractivity contribution is 5.94. The Balaban J connectivity index is 1.57. The first-order chi connectivity index (χ1) is 10.8. The quantitative estimate of drug-likeness (QED) is 0.899. The normalized spacial score (nSPS) is 23.0. The van der Waals surface area contributed by atoms with E-state index in [1.54, 1.807) is 0 Å². The number of hydrogen-bond acceptors (Lipinski definition) is 4. The number of nitrogens with two attached hydrogens (primary N) is 1. The molecule has 2 aliphatic rings. The molecule has 0 bridgehead atoms. The van der Waals surface area contributed by atoms with Crippen molar-refractivity contribution >= 4 is 5.91 Å². The third kappa shape index (κ3) is 3.66. The third-order valence-electron chi connectivity index (χ3n) is 4.62. The van der Waals surface area contributed by atoms with Gasteiger partial charge in [-0.3, -0.25) is 9.69 Å². The minimum absolute atomic E-state index is 0.133. The molecular formula is C17H25N3O2. The van der Waals surface area contributed by atoms with Gasteiger partial charge in [0.25, 0.3) is 5.91 Å². The molecular weight excluding hydrogens is 278 g/mol. The highest BCUT2D eigenvalue weighted by Gasteiger charge is 2.25. The van der Waals surface area contributed by atoms with E-state index < -0.39 is 0 Å². The van der Waals surface area contributed by atoms with Crippen molar-refractivity contribution in [2.24, 2.45) is 11.7 Å². The number of likely N-dealkylation sites (tertiary alicyclic amines) is 1. The Labute approximate surface area is 132 Å². The Hall–Kier alpha value is -1.43. The molecule has 2 N–H and O–H groups in total. The second-order valence-electron chi connectivity index (χ2n) is 6.23. The molecule has 5 nitrogen and oxygen atoms in total. The topological polar surface area (TPSA) is 58.8 Å². The van der Waals surface area contributed by atoms with Crippen molar-refractivity contribution in [1.82, 2.24) is 9.80 Å². The van der Waals surface area contributed by atoms with E-state index in [1.807, 2.05) is 17.0 Å². The molecule has 2 fully saturated rings. The molecule has 2 saturated heterocycles. The summed E-state index contributed by atoms with van der Waals surface area (Å²) in [6.07, 6.45) is 1.03. The SMILES string of the molecule is NCC1CCN(C(=O)c2ccc(CN3CCOCC3)cc2)C1. The lowest BCUT2D eigenvalue weighted by atomic mass is 10.1. The zero-order chi connectivity index (χ0) is 15.4. The van der Waals surface area contributed by atoms with E-state index in [-0.39, 0.29) is 5.91 Å². The van der Waals surface area contributed by atoms with Crippen molar-refractivity contribution in [1.29, 1.82) is 0 Å². The summed E-state index contributed by atoms with van der Waals surface area (Å²) in [5.74, 6) is 0.596. The van der Waals surface area contributed by atoms with Gasteiger partial charge in [-0.15, -0.1) is 0 Å². The summed E-state index contributed by atoms with van der Waals surface area (Å²) in [6, 6.07) is 8.04. The van der Waals surface area contributed by atoms with Gasteiger partial charge in [0.15, 0.2) is 0 Å². The number of rotatable bonds is 4. The fourth-order valence-electron chi connectivity index (χ4n) is 3.16. The van der Waals surface area contributed by atoms with Crippen LogP contribution in [0.5, 0.6) is 0 Å². The molecule has 120 valence electrons. The van der Waals surface area contributed by atoms with Crippen LogP contribution in [-0.2, 0) is 11.3 Å². The predicted octanol–water partition coefficient (Wildman–Crippen LogP) is 0.940. The van der Waals surface area contributed by atoms with Gasteiger partial charge in [0.1, 0.15) is 0 Å². The largest absolute Gasteiger partial charge is 0.379 e. The number of amides is 1. The van der Waals surface area contributed by atoms with Crippen LogP contribution in [0.15, 0.2) is 24.3 Å². The molecule has 5 heteroatoms. The van der Waals surface area contributed by atoms with Gasteiger partial charge in [0.05, 0.1) is 13.2 Å². The maximum atomic E-state index is 12.5. The number of carbonyl (C=O) groups is 1. The van der Waals surface area contributed by atoms with Gasteiger partial charge in [-0.05, 0) is 36.6 Å². The summed E-state index contributed by atoms with van der Waals surface area (Å²) in [7, 11) is 0. The zero-order valence-corrected chi connectivity index (χ0v) is 13.0. The minimum Gasteiger partial charge on any atom is -0.379 e. The predicted molar refractivity (Wildman–Crippen MR) is 85.6 cm³/mol. The minimum atomic E-state index is 0.133. The van der Waals surface area contributed by atoms with Crippen molar-refractivity contribution in [3.8, 4) is 0 Å². The molecule has 1 unspecified atom stereocenters. The Kier molecular flexibility index (Phi) is 5.08. The van der Waals surface area contributed by atoms with Gasteiger partial charge in [0, 0.05) is 38.3 Å². The molecule has 1 atom stereocenters. The number of benzene rings is 1. The van der Waals surface area contributed by atoms with E-state index in [9.17, 15) is 4.79 Å². The van der Waals surface area contributed by atoms with Crippen LogP contribution in [0.2, 0.25) is 0 Å². The Morgan fingerprint density at radius 3 is 2.55 bits per heavy atom. The van der Waals surface area contributed by atoms with Crippen molar-refractivity contribution in [2.45, 2.75) is 13.0 Å². The smallest absolute Gasteiger partial charge is 0.253 e. The fraction of sp³-hybridized carbons (Fsp3) is 0.588. The van der Waals surface area contributed by atoms with Gasteiger partial charge < -0.3 is 15.4 Å². The number of morpholine rings is 1. The van der Waals surface area contributed by atoms with Gasteiger partial charge in [-0.25, -0.2) is 0 Å². The molecule has 0 aromatic heterocycles. The first-order valence-electron chi connectivity index (χ1n) is 8.14. The van der Waals surface area contributed by atoms with Crippen LogP contribution in [0.4, 0.5) is 0 Å². The van der Waals surface area contributed by atoms with Crippen molar-refractivity contribution < 1.29 is 9.53 Å². The van der Waals surface area contributed by atoms with Gasteiger partial charge >= 0.3 is 0 Å². The summed E-state index contributed by atoms with van der Waals surface area (Å²) in [5.41, 5.74) is 7.72. The maximum absolute atomic E-state index is 12.5. The van der Waals surface area contributed by atoms with Crippen LogP contribution < -0.4 is 5.73 Å². The van der Waals surface area contributed by atoms with Crippen LogP contribution in [0, 0.1) is 5.92 Å².